The lowest BCUT2D eigenvalue weighted by Crippen LogP contribution is -2.64. The molecule has 1 fully saturated rings. The van der Waals surface area contributed by atoms with E-state index in [4.69, 9.17) is 13.6 Å². The second-order valence-electron chi connectivity index (χ2n) is 10.4. The molecule has 150 valence electrons. The highest BCUT2D eigenvalue weighted by atomic mass is 28.4. The van der Waals surface area contributed by atoms with E-state index in [-0.39, 0.29) is 10.1 Å². The summed E-state index contributed by atoms with van der Waals surface area (Å²) in [5.74, 6) is 0. The Morgan fingerprint density at radius 3 is 1.48 bits per heavy atom. The van der Waals surface area contributed by atoms with Crippen molar-refractivity contribution < 1.29 is 23.8 Å². The molecule has 1 aliphatic heterocycles. The quantitative estimate of drug-likeness (QED) is 0.711. The highest BCUT2D eigenvalue weighted by Crippen LogP contribution is 2.42. The smallest absolute Gasteiger partial charge is 0.192 e. The third-order valence-electron chi connectivity index (χ3n) is 6.25. The molecule has 2 N–H and O–H groups in total. The highest BCUT2D eigenvalue weighted by molar-refractivity contribution is 6.74. The van der Waals surface area contributed by atoms with Crippen molar-refractivity contribution in [3.8, 4) is 0 Å². The van der Waals surface area contributed by atoms with Crippen LogP contribution in [0.2, 0.25) is 36.3 Å². The zero-order chi connectivity index (χ0) is 20.0. The van der Waals surface area contributed by atoms with Crippen LogP contribution in [-0.2, 0) is 13.6 Å². The molecule has 0 radical (unpaired) electrons. The minimum Gasteiger partial charge on any atom is -0.408 e. The van der Waals surface area contributed by atoms with Gasteiger partial charge in [-0.25, -0.2) is 0 Å². The fourth-order valence-corrected chi connectivity index (χ4v) is 4.89. The Balaban J connectivity index is 3.17. The second kappa shape index (κ2) is 7.33. The van der Waals surface area contributed by atoms with Gasteiger partial charge in [-0.05, 0) is 43.2 Å². The van der Waals surface area contributed by atoms with Gasteiger partial charge in [0.15, 0.2) is 22.9 Å². The average molecular weight is 393 g/mol. The molecule has 5 nitrogen and oxygen atoms in total. The summed E-state index contributed by atoms with van der Waals surface area (Å²) in [6.07, 6.45) is -3.69. The van der Waals surface area contributed by atoms with Crippen LogP contribution in [-0.4, -0.2) is 57.6 Å². The van der Waals surface area contributed by atoms with Crippen molar-refractivity contribution in [3.63, 3.8) is 0 Å². The lowest BCUT2D eigenvalue weighted by molar-refractivity contribution is -0.270. The molecule has 0 amide bonds. The van der Waals surface area contributed by atoms with Crippen LogP contribution in [0.5, 0.6) is 0 Å². The van der Waals surface area contributed by atoms with E-state index >= 15 is 0 Å². The Labute approximate surface area is 156 Å². The Morgan fingerprint density at radius 2 is 1.12 bits per heavy atom. The summed E-state index contributed by atoms with van der Waals surface area (Å²) in [6.45, 7) is 23.3. The summed E-state index contributed by atoms with van der Waals surface area (Å²) < 4.78 is 18.5. The standard InChI is InChI=1S/C18H40O5Si2/c1-12-13(19)14(22-24(8,9)17(2,3)4)15(16(20)21-12)23-25(10,11)18(5,6)7/h12-16,19-20H,1-11H3/t12?,13-,14?,15?,16+/m1/s1. The van der Waals surface area contributed by atoms with Crippen LogP contribution in [0.3, 0.4) is 0 Å². The summed E-state index contributed by atoms with van der Waals surface area (Å²) in [5, 5.41) is 21.3. The minimum absolute atomic E-state index is 0.000732. The molecule has 0 spiro atoms. The van der Waals surface area contributed by atoms with Gasteiger partial charge in [0.1, 0.15) is 18.3 Å². The van der Waals surface area contributed by atoms with E-state index in [1.54, 1.807) is 6.92 Å². The van der Waals surface area contributed by atoms with Crippen molar-refractivity contribution >= 4 is 16.6 Å². The van der Waals surface area contributed by atoms with Crippen molar-refractivity contribution in [2.75, 3.05) is 0 Å². The average Bonchev–Trinajstić information content (AvgIpc) is 2.37. The number of hydrogen-bond donors (Lipinski definition) is 2. The van der Waals surface area contributed by atoms with Crippen molar-refractivity contribution in [1.82, 2.24) is 0 Å². The van der Waals surface area contributed by atoms with Gasteiger partial charge < -0.3 is 23.8 Å². The second-order valence-corrected chi connectivity index (χ2v) is 19.9. The Bertz CT molecular complexity index is 453. The van der Waals surface area contributed by atoms with Gasteiger partial charge in [-0.2, -0.15) is 0 Å². The van der Waals surface area contributed by atoms with Crippen LogP contribution in [0.15, 0.2) is 0 Å². The molecule has 0 aliphatic carbocycles. The third-order valence-corrected chi connectivity index (χ3v) is 15.2. The number of rotatable bonds is 4. The zero-order valence-electron chi connectivity index (χ0n) is 18.0. The van der Waals surface area contributed by atoms with Gasteiger partial charge in [0.25, 0.3) is 0 Å². The van der Waals surface area contributed by atoms with Crippen LogP contribution >= 0.6 is 0 Å². The predicted octanol–water partition coefficient (Wildman–Crippen LogP) is 3.87. The van der Waals surface area contributed by atoms with E-state index in [1.807, 2.05) is 0 Å². The summed E-state index contributed by atoms with van der Waals surface area (Å²) in [5.41, 5.74) is 0. The Kier molecular flexibility index (Phi) is 6.83. The molecule has 0 aromatic rings. The minimum atomic E-state index is -2.16. The summed E-state index contributed by atoms with van der Waals surface area (Å²) in [7, 11) is -4.31. The van der Waals surface area contributed by atoms with E-state index in [1.165, 1.54) is 0 Å². The van der Waals surface area contributed by atoms with Crippen LogP contribution in [0.1, 0.15) is 48.5 Å². The molecule has 0 saturated carbocycles. The van der Waals surface area contributed by atoms with Crippen molar-refractivity contribution in [2.45, 2.75) is 115 Å². The van der Waals surface area contributed by atoms with Gasteiger partial charge >= 0.3 is 0 Å². The van der Waals surface area contributed by atoms with Gasteiger partial charge in [-0.15, -0.1) is 0 Å². The number of aliphatic hydroxyl groups is 2. The number of aliphatic hydroxyl groups excluding tert-OH is 2. The van der Waals surface area contributed by atoms with Crippen LogP contribution in [0.25, 0.3) is 0 Å². The van der Waals surface area contributed by atoms with E-state index in [0.29, 0.717) is 0 Å². The maximum absolute atomic E-state index is 10.8. The fourth-order valence-electron chi connectivity index (χ4n) is 2.30. The molecule has 0 aromatic heterocycles. The summed E-state index contributed by atoms with van der Waals surface area (Å²) in [4.78, 5) is 0. The van der Waals surface area contributed by atoms with Gasteiger partial charge in [0.05, 0.1) is 6.10 Å². The Hall–Kier alpha value is 0.234. The molecule has 25 heavy (non-hydrogen) atoms. The molecule has 0 bridgehead atoms. The molecule has 1 rings (SSSR count). The van der Waals surface area contributed by atoms with Crippen molar-refractivity contribution in [1.29, 1.82) is 0 Å². The molecular formula is C18H40O5Si2. The van der Waals surface area contributed by atoms with Gasteiger partial charge in [0.2, 0.25) is 0 Å². The van der Waals surface area contributed by atoms with E-state index in [2.05, 4.69) is 67.7 Å². The largest absolute Gasteiger partial charge is 0.408 e. The topological polar surface area (TPSA) is 68.2 Å². The molecule has 7 heteroatoms. The summed E-state index contributed by atoms with van der Waals surface area (Å²) in [6, 6.07) is 0. The first-order chi connectivity index (χ1) is 10.9. The lowest BCUT2D eigenvalue weighted by Gasteiger charge is -2.50. The highest BCUT2D eigenvalue weighted by Gasteiger charge is 2.52. The normalized spacial score (nSPS) is 32.8. The summed E-state index contributed by atoms with van der Waals surface area (Å²) >= 11 is 0. The van der Waals surface area contributed by atoms with Gasteiger partial charge in [-0.3, -0.25) is 0 Å². The van der Waals surface area contributed by atoms with E-state index in [0.717, 1.165) is 0 Å². The molecule has 1 aliphatic rings. The molecular weight excluding hydrogens is 352 g/mol. The first kappa shape index (κ1) is 23.3. The SMILES string of the molecule is CC1O[C@H](O)C(O[Si](C)(C)C(C)(C)C)C(O[Si](C)(C)C(C)(C)C)[C@@H]1O. The fraction of sp³-hybridized carbons (Fsp3) is 1.00. The molecule has 0 aromatic carbocycles. The lowest BCUT2D eigenvalue weighted by atomic mass is 10.0. The van der Waals surface area contributed by atoms with Crippen LogP contribution < -0.4 is 0 Å². The van der Waals surface area contributed by atoms with Crippen molar-refractivity contribution in [2.24, 2.45) is 0 Å². The predicted molar refractivity (Wildman–Crippen MR) is 107 cm³/mol. The molecule has 1 heterocycles. The van der Waals surface area contributed by atoms with Crippen LogP contribution in [0.4, 0.5) is 0 Å². The first-order valence-electron chi connectivity index (χ1n) is 9.28. The third kappa shape index (κ3) is 5.15. The first-order valence-corrected chi connectivity index (χ1v) is 15.1. The van der Waals surface area contributed by atoms with E-state index < -0.39 is 47.3 Å². The zero-order valence-corrected chi connectivity index (χ0v) is 20.0. The van der Waals surface area contributed by atoms with Gasteiger partial charge in [0, 0.05) is 0 Å². The number of hydrogen-bond acceptors (Lipinski definition) is 5. The Morgan fingerprint density at radius 1 is 0.760 bits per heavy atom. The molecule has 1 saturated heterocycles. The van der Waals surface area contributed by atoms with Gasteiger partial charge in [-0.1, -0.05) is 41.5 Å². The molecule has 3 unspecified atom stereocenters. The maximum Gasteiger partial charge on any atom is 0.192 e. The van der Waals surface area contributed by atoms with E-state index in [9.17, 15) is 10.2 Å². The van der Waals surface area contributed by atoms with Crippen molar-refractivity contribution in [3.05, 3.63) is 0 Å². The molecule has 5 atom stereocenters. The maximum atomic E-state index is 10.8. The van der Waals surface area contributed by atoms with Crippen LogP contribution in [0, 0.1) is 0 Å². The monoisotopic (exact) mass is 392 g/mol. The number of ether oxygens (including phenoxy) is 1.